The molecule has 3 aromatic rings. The van der Waals surface area contributed by atoms with E-state index in [4.69, 9.17) is 27.9 Å². The number of carbonyl (C=O) groups is 1. The zero-order valence-electron chi connectivity index (χ0n) is 14.4. The van der Waals surface area contributed by atoms with Crippen molar-refractivity contribution in [3.05, 3.63) is 70.0 Å². The number of halogens is 2. The van der Waals surface area contributed by atoms with Crippen molar-refractivity contribution in [2.75, 3.05) is 7.11 Å². The molecule has 0 fully saturated rings. The second-order valence-corrected chi connectivity index (χ2v) is 6.37. The number of rotatable bonds is 6. The number of ether oxygens (including phenoxy) is 1. The highest BCUT2D eigenvalue weighted by Gasteiger charge is 2.07. The van der Waals surface area contributed by atoms with Crippen molar-refractivity contribution in [1.82, 2.24) is 20.5 Å². The number of nitrogens with zero attached hydrogens (tertiary/aromatic N) is 2. The van der Waals surface area contributed by atoms with Gasteiger partial charge in [0.25, 0.3) is 0 Å². The summed E-state index contributed by atoms with van der Waals surface area (Å²) in [6.07, 6.45) is 3.07. The summed E-state index contributed by atoms with van der Waals surface area (Å²) < 4.78 is 5.13. The fourth-order valence-electron chi connectivity index (χ4n) is 2.26. The van der Waals surface area contributed by atoms with E-state index in [-0.39, 0.29) is 12.5 Å². The number of methoxy groups -OCH3 is 1. The number of nitrogens with one attached hydrogen (secondary N) is 2. The van der Waals surface area contributed by atoms with Crippen molar-refractivity contribution in [3.8, 4) is 17.1 Å². The summed E-state index contributed by atoms with van der Waals surface area (Å²) >= 11 is 11.8. The van der Waals surface area contributed by atoms with Crippen LogP contribution in [0.15, 0.2) is 48.5 Å². The van der Waals surface area contributed by atoms with E-state index in [1.807, 2.05) is 24.3 Å². The standard InChI is InChI=1S/C19H16Cl2N4O2/c1-27-14-6-4-13(5-7-14)19-23-17(24-25-19)11-22-18(26)9-3-12-2-8-15(20)16(21)10-12/h2-10H,11H2,1H3,(H,22,26)(H,23,24,25)/b9-3+. The summed E-state index contributed by atoms with van der Waals surface area (Å²) in [5.41, 5.74) is 1.63. The molecule has 0 spiro atoms. The van der Waals surface area contributed by atoms with Gasteiger partial charge < -0.3 is 10.1 Å². The smallest absolute Gasteiger partial charge is 0.244 e. The average Bonchev–Trinajstić information content (AvgIpc) is 3.16. The third-order valence-corrected chi connectivity index (χ3v) is 4.42. The average molecular weight is 403 g/mol. The molecule has 3 rings (SSSR count). The molecule has 138 valence electrons. The summed E-state index contributed by atoms with van der Waals surface area (Å²) in [5.74, 6) is 1.60. The molecule has 0 unspecified atom stereocenters. The fraction of sp³-hybridized carbons (Fsp3) is 0.105. The normalized spacial score (nSPS) is 10.9. The molecular formula is C19H16Cl2N4O2. The van der Waals surface area contributed by atoms with Crippen molar-refractivity contribution in [1.29, 1.82) is 0 Å². The number of aromatic nitrogens is 3. The Morgan fingerprint density at radius 3 is 2.67 bits per heavy atom. The van der Waals surface area contributed by atoms with E-state index in [2.05, 4.69) is 20.5 Å². The molecular weight excluding hydrogens is 387 g/mol. The lowest BCUT2D eigenvalue weighted by molar-refractivity contribution is -0.116. The second kappa shape index (κ2) is 8.70. The van der Waals surface area contributed by atoms with Crippen LogP contribution in [0.1, 0.15) is 11.4 Å². The third-order valence-electron chi connectivity index (χ3n) is 3.68. The van der Waals surface area contributed by atoms with Crippen LogP contribution in [0.2, 0.25) is 10.0 Å². The zero-order valence-corrected chi connectivity index (χ0v) is 15.9. The molecule has 8 heteroatoms. The predicted molar refractivity (Wildman–Crippen MR) is 106 cm³/mol. The van der Waals surface area contributed by atoms with Crippen LogP contribution in [0.5, 0.6) is 5.75 Å². The number of carbonyl (C=O) groups excluding carboxylic acids is 1. The summed E-state index contributed by atoms with van der Waals surface area (Å²) in [4.78, 5) is 16.3. The minimum Gasteiger partial charge on any atom is -0.497 e. The molecule has 0 radical (unpaired) electrons. The van der Waals surface area contributed by atoms with Crippen LogP contribution in [0.25, 0.3) is 17.5 Å². The lowest BCUT2D eigenvalue weighted by Crippen LogP contribution is -2.20. The van der Waals surface area contributed by atoms with Crippen LogP contribution in [-0.4, -0.2) is 28.2 Å². The van der Waals surface area contributed by atoms with Crippen molar-refractivity contribution in [2.24, 2.45) is 0 Å². The van der Waals surface area contributed by atoms with Gasteiger partial charge in [0.2, 0.25) is 5.91 Å². The molecule has 2 aromatic carbocycles. The molecule has 6 nitrogen and oxygen atoms in total. The lowest BCUT2D eigenvalue weighted by Gasteiger charge is -2.00. The molecule has 0 aliphatic heterocycles. The Bertz CT molecular complexity index is 968. The largest absolute Gasteiger partial charge is 0.497 e. The zero-order chi connectivity index (χ0) is 19.2. The predicted octanol–water partition coefficient (Wildman–Crippen LogP) is 4.12. The molecule has 1 amide bonds. The van der Waals surface area contributed by atoms with Crippen LogP contribution >= 0.6 is 23.2 Å². The Morgan fingerprint density at radius 1 is 1.19 bits per heavy atom. The Kier molecular flexibility index (Phi) is 6.11. The van der Waals surface area contributed by atoms with E-state index in [0.717, 1.165) is 16.9 Å². The van der Waals surface area contributed by atoms with Gasteiger partial charge in [0.1, 0.15) is 11.6 Å². The van der Waals surface area contributed by atoms with Gasteiger partial charge >= 0.3 is 0 Å². The van der Waals surface area contributed by atoms with E-state index in [1.165, 1.54) is 6.08 Å². The molecule has 27 heavy (non-hydrogen) atoms. The van der Waals surface area contributed by atoms with Gasteiger partial charge in [-0.1, -0.05) is 29.3 Å². The number of hydrogen-bond donors (Lipinski definition) is 2. The van der Waals surface area contributed by atoms with Gasteiger partial charge in [-0.25, -0.2) is 4.98 Å². The molecule has 2 N–H and O–H groups in total. The molecule has 0 atom stereocenters. The summed E-state index contributed by atoms with van der Waals surface area (Å²) in [5, 5.41) is 10.6. The van der Waals surface area contributed by atoms with E-state index in [0.29, 0.717) is 21.7 Å². The van der Waals surface area contributed by atoms with Crippen LogP contribution in [0.3, 0.4) is 0 Å². The summed E-state index contributed by atoms with van der Waals surface area (Å²) in [7, 11) is 1.61. The maximum absolute atomic E-state index is 12.0. The van der Waals surface area contributed by atoms with Gasteiger partial charge in [0, 0.05) is 11.6 Å². The number of benzene rings is 2. The minimum atomic E-state index is -0.261. The van der Waals surface area contributed by atoms with Crippen molar-refractivity contribution in [3.63, 3.8) is 0 Å². The van der Waals surface area contributed by atoms with E-state index < -0.39 is 0 Å². The lowest BCUT2D eigenvalue weighted by atomic mass is 10.2. The Balaban J connectivity index is 1.56. The topological polar surface area (TPSA) is 79.9 Å². The minimum absolute atomic E-state index is 0.230. The SMILES string of the molecule is COc1ccc(-c2n[nH]c(CNC(=O)/C=C/c3ccc(Cl)c(Cl)c3)n2)cc1. The summed E-state index contributed by atoms with van der Waals surface area (Å²) in [6.45, 7) is 0.230. The quantitative estimate of drug-likeness (QED) is 0.607. The van der Waals surface area contributed by atoms with Gasteiger partial charge in [-0.3, -0.25) is 9.89 Å². The Labute approximate surface area is 166 Å². The van der Waals surface area contributed by atoms with Crippen molar-refractivity contribution >= 4 is 35.2 Å². The molecule has 1 heterocycles. The van der Waals surface area contributed by atoms with Crippen LogP contribution < -0.4 is 10.1 Å². The third kappa shape index (κ3) is 5.09. The maximum Gasteiger partial charge on any atom is 0.244 e. The van der Waals surface area contributed by atoms with Gasteiger partial charge in [-0.05, 0) is 48.0 Å². The monoisotopic (exact) mass is 402 g/mol. The maximum atomic E-state index is 12.0. The van der Waals surface area contributed by atoms with Gasteiger partial charge in [-0.2, -0.15) is 5.10 Å². The number of H-pyrrole nitrogens is 1. The first kappa shape index (κ1) is 18.9. The number of aromatic amines is 1. The van der Waals surface area contributed by atoms with Gasteiger partial charge in [0.05, 0.1) is 23.7 Å². The first-order chi connectivity index (χ1) is 13.0. The van der Waals surface area contributed by atoms with Crippen LogP contribution in [-0.2, 0) is 11.3 Å². The van der Waals surface area contributed by atoms with Gasteiger partial charge in [-0.15, -0.1) is 0 Å². The molecule has 0 saturated heterocycles. The Hall–Kier alpha value is -2.83. The molecule has 1 aromatic heterocycles. The highest BCUT2D eigenvalue weighted by molar-refractivity contribution is 6.42. The fourth-order valence-corrected chi connectivity index (χ4v) is 2.57. The van der Waals surface area contributed by atoms with Gasteiger partial charge in [0.15, 0.2) is 5.82 Å². The molecule has 0 aliphatic carbocycles. The van der Waals surface area contributed by atoms with Crippen LogP contribution in [0.4, 0.5) is 0 Å². The summed E-state index contributed by atoms with van der Waals surface area (Å²) in [6, 6.07) is 12.5. The van der Waals surface area contributed by atoms with Crippen molar-refractivity contribution < 1.29 is 9.53 Å². The Morgan fingerprint density at radius 2 is 1.96 bits per heavy atom. The molecule has 0 bridgehead atoms. The first-order valence-corrected chi connectivity index (χ1v) is 8.77. The highest BCUT2D eigenvalue weighted by Crippen LogP contribution is 2.23. The molecule has 0 saturated carbocycles. The van der Waals surface area contributed by atoms with E-state index in [1.54, 1.807) is 31.4 Å². The first-order valence-electron chi connectivity index (χ1n) is 8.02. The van der Waals surface area contributed by atoms with Crippen molar-refractivity contribution in [2.45, 2.75) is 6.54 Å². The molecule has 0 aliphatic rings. The van der Waals surface area contributed by atoms with Crippen LogP contribution in [0, 0.1) is 0 Å². The second-order valence-electron chi connectivity index (χ2n) is 5.56. The number of amides is 1. The number of hydrogen-bond acceptors (Lipinski definition) is 4. The highest BCUT2D eigenvalue weighted by atomic mass is 35.5. The van der Waals surface area contributed by atoms with E-state index >= 15 is 0 Å². The van der Waals surface area contributed by atoms with E-state index in [9.17, 15) is 4.79 Å².